The van der Waals surface area contributed by atoms with Gasteiger partial charge in [-0.2, -0.15) is 0 Å². The molecule has 92 valence electrons. The van der Waals surface area contributed by atoms with Crippen LogP contribution in [-0.2, 0) is 0 Å². The summed E-state index contributed by atoms with van der Waals surface area (Å²) in [6.45, 7) is 4.55. The van der Waals surface area contributed by atoms with Crippen LogP contribution in [0.25, 0.3) is 16.3 Å². The number of hydrogen-bond acceptors (Lipinski definition) is 0. The Morgan fingerprint density at radius 3 is 2.72 bits per heavy atom. The first-order valence-electron chi connectivity index (χ1n) is 6.93. The van der Waals surface area contributed by atoms with Crippen LogP contribution in [0.1, 0.15) is 37.3 Å². The molecule has 3 rings (SSSR count). The van der Waals surface area contributed by atoms with Crippen molar-refractivity contribution in [3.05, 3.63) is 53.6 Å². The summed E-state index contributed by atoms with van der Waals surface area (Å²) >= 11 is 0. The third kappa shape index (κ3) is 2.08. The van der Waals surface area contributed by atoms with Gasteiger partial charge >= 0.3 is 0 Å². The molecule has 0 N–H and O–H groups in total. The lowest BCUT2D eigenvalue weighted by molar-refractivity contribution is 0.534. The zero-order chi connectivity index (χ0) is 12.5. The van der Waals surface area contributed by atoms with Crippen LogP contribution in [0.15, 0.2) is 42.5 Å². The molecule has 0 aliphatic heterocycles. The quantitative estimate of drug-likeness (QED) is 0.626. The van der Waals surface area contributed by atoms with Gasteiger partial charge in [-0.05, 0) is 59.6 Å². The largest absolute Gasteiger partial charge is 0.0804 e. The minimum Gasteiger partial charge on any atom is -0.0804 e. The first kappa shape index (κ1) is 11.5. The zero-order valence-corrected chi connectivity index (χ0v) is 11.2. The number of hydrogen-bond donors (Lipinski definition) is 0. The molecule has 0 radical (unpaired) electrons. The number of aryl methyl sites for hydroxylation is 1. The molecule has 0 heterocycles. The molecule has 0 amide bonds. The van der Waals surface area contributed by atoms with Gasteiger partial charge in [0.1, 0.15) is 0 Å². The molecule has 0 aromatic heterocycles. The maximum Gasteiger partial charge on any atom is -0.0109 e. The van der Waals surface area contributed by atoms with Crippen LogP contribution >= 0.6 is 0 Å². The van der Waals surface area contributed by atoms with E-state index < -0.39 is 0 Å². The molecule has 0 saturated carbocycles. The molecule has 2 aromatic rings. The fraction of sp³-hybridized carbons (Fsp3) is 0.333. The van der Waals surface area contributed by atoms with Gasteiger partial charge in [-0.15, -0.1) is 0 Å². The second-order valence-electron chi connectivity index (χ2n) is 5.64. The van der Waals surface area contributed by atoms with Crippen molar-refractivity contribution in [2.45, 2.75) is 33.1 Å². The SMILES string of the molecule is Cc1cc(C2=CCC(C)CC2)c2ccccc2c1. The van der Waals surface area contributed by atoms with Gasteiger partial charge in [-0.3, -0.25) is 0 Å². The third-order valence-corrected chi connectivity index (χ3v) is 4.03. The summed E-state index contributed by atoms with van der Waals surface area (Å²) in [6, 6.07) is 13.4. The van der Waals surface area contributed by atoms with E-state index in [0.29, 0.717) is 0 Å². The van der Waals surface area contributed by atoms with Crippen molar-refractivity contribution in [1.29, 1.82) is 0 Å². The average Bonchev–Trinajstić information content (AvgIpc) is 2.38. The van der Waals surface area contributed by atoms with Crippen molar-refractivity contribution < 1.29 is 0 Å². The molecule has 1 aliphatic carbocycles. The molecule has 1 unspecified atom stereocenters. The summed E-state index contributed by atoms with van der Waals surface area (Å²) in [7, 11) is 0. The van der Waals surface area contributed by atoms with E-state index in [1.165, 1.54) is 41.2 Å². The smallest absolute Gasteiger partial charge is 0.0109 e. The standard InChI is InChI=1S/C18H20/c1-13-7-9-15(10-8-13)18-12-14(2)11-16-5-3-4-6-17(16)18/h3-6,9,11-13H,7-8,10H2,1-2H3. The number of benzene rings is 2. The van der Waals surface area contributed by atoms with E-state index in [2.05, 4.69) is 56.3 Å². The van der Waals surface area contributed by atoms with Gasteiger partial charge in [-0.25, -0.2) is 0 Å². The fourth-order valence-electron chi connectivity index (χ4n) is 2.94. The second kappa shape index (κ2) is 4.61. The summed E-state index contributed by atoms with van der Waals surface area (Å²) in [4.78, 5) is 0. The highest BCUT2D eigenvalue weighted by Crippen LogP contribution is 2.34. The van der Waals surface area contributed by atoms with Crippen LogP contribution in [0.3, 0.4) is 0 Å². The molecule has 2 aromatic carbocycles. The summed E-state index contributed by atoms with van der Waals surface area (Å²) in [5, 5.41) is 2.77. The number of rotatable bonds is 1. The minimum atomic E-state index is 0.852. The molecule has 0 saturated heterocycles. The van der Waals surface area contributed by atoms with Gasteiger partial charge < -0.3 is 0 Å². The van der Waals surface area contributed by atoms with Gasteiger partial charge in [0.2, 0.25) is 0 Å². The highest BCUT2D eigenvalue weighted by Gasteiger charge is 2.13. The Hall–Kier alpha value is -1.56. The highest BCUT2D eigenvalue weighted by atomic mass is 14.2. The van der Waals surface area contributed by atoms with Crippen LogP contribution in [-0.4, -0.2) is 0 Å². The Morgan fingerprint density at radius 2 is 1.94 bits per heavy atom. The van der Waals surface area contributed by atoms with Crippen LogP contribution in [0.2, 0.25) is 0 Å². The van der Waals surface area contributed by atoms with Crippen molar-refractivity contribution in [3.8, 4) is 0 Å². The summed E-state index contributed by atoms with van der Waals surface area (Å²) < 4.78 is 0. The van der Waals surface area contributed by atoms with E-state index >= 15 is 0 Å². The Balaban J connectivity index is 2.16. The summed E-state index contributed by atoms with van der Waals surface area (Å²) in [6.07, 6.45) is 6.25. The maximum absolute atomic E-state index is 2.45. The zero-order valence-electron chi connectivity index (χ0n) is 11.2. The van der Waals surface area contributed by atoms with E-state index in [-0.39, 0.29) is 0 Å². The highest BCUT2D eigenvalue weighted by molar-refractivity contribution is 5.94. The second-order valence-corrected chi connectivity index (χ2v) is 5.64. The van der Waals surface area contributed by atoms with Gasteiger partial charge in [-0.1, -0.05) is 49.4 Å². The molecule has 18 heavy (non-hydrogen) atoms. The predicted molar refractivity (Wildman–Crippen MR) is 79.7 cm³/mol. The average molecular weight is 236 g/mol. The molecular formula is C18H20. The van der Waals surface area contributed by atoms with Crippen LogP contribution < -0.4 is 0 Å². The molecule has 0 spiro atoms. The summed E-state index contributed by atoms with van der Waals surface area (Å²) in [5.41, 5.74) is 4.37. The van der Waals surface area contributed by atoms with E-state index in [0.717, 1.165) is 5.92 Å². The summed E-state index contributed by atoms with van der Waals surface area (Å²) in [5.74, 6) is 0.852. The Bertz CT molecular complexity index is 604. The molecule has 1 aliphatic rings. The Morgan fingerprint density at radius 1 is 1.11 bits per heavy atom. The van der Waals surface area contributed by atoms with Gasteiger partial charge in [0.15, 0.2) is 0 Å². The van der Waals surface area contributed by atoms with Crippen molar-refractivity contribution >= 4 is 16.3 Å². The lowest BCUT2D eigenvalue weighted by Gasteiger charge is -2.20. The van der Waals surface area contributed by atoms with Crippen molar-refractivity contribution in [2.24, 2.45) is 5.92 Å². The maximum atomic E-state index is 2.45. The molecule has 0 heteroatoms. The van der Waals surface area contributed by atoms with Crippen molar-refractivity contribution in [3.63, 3.8) is 0 Å². The number of allylic oxidation sites excluding steroid dienone is 2. The number of fused-ring (bicyclic) bond motifs is 1. The van der Waals surface area contributed by atoms with E-state index in [1.54, 1.807) is 5.57 Å². The normalized spacial score (nSPS) is 19.9. The first-order chi connectivity index (χ1) is 8.74. The Labute approximate surface area is 109 Å². The first-order valence-corrected chi connectivity index (χ1v) is 6.93. The monoisotopic (exact) mass is 236 g/mol. The lowest BCUT2D eigenvalue weighted by Crippen LogP contribution is -2.01. The van der Waals surface area contributed by atoms with Crippen LogP contribution in [0, 0.1) is 12.8 Å². The molecule has 0 fully saturated rings. The molecule has 1 atom stereocenters. The van der Waals surface area contributed by atoms with Crippen LogP contribution in [0.4, 0.5) is 0 Å². The van der Waals surface area contributed by atoms with E-state index in [1.807, 2.05) is 0 Å². The molecular weight excluding hydrogens is 216 g/mol. The van der Waals surface area contributed by atoms with E-state index in [4.69, 9.17) is 0 Å². The molecule has 0 nitrogen and oxygen atoms in total. The van der Waals surface area contributed by atoms with Gasteiger partial charge in [0.05, 0.1) is 0 Å². The Kier molecular flexibility index (Phi) is 2.95. The van der Waals surface area contributed by atoms with Crippen molar-refractivity contribution in [1.82, 2.24) is 0 Å². The third-order valence-electron chi connectivity index (χ3n) is 4.03. The predicted octanol–water partition coefficient (Wildman–Crippen LogP) is 5.35. The fourth-order valence-corrected chi connectivity index (χ4v) is 2.94. The van der Waals surface area contributed by atoms with Gasteiger partial charge in [0, 0.05) is 0 Å². The van der Waals surface area contributed by atoms with Gasteiger partial charge in [0.25, 0.3) is 0 Å². The topological polar surface area (TPSA) is 0 Å². The minimum absolute atomic E-state index is 0.852. The molecule has 0 bridgehead atoms. The van der Waals surface area contributed by atoms with Crippen LogP contribution in [0.5, 0.6) is 0 Å². The lowest BCUT2D eigenvalue weighted by atomic mass is 9.85. The van der Waals surface area contributed by atoms with Crippen molar-refractivity contribution in [2.75, 3.05) is 0 Å². The van der Waals surface area contributed by atoms with E-state index in [9.17, 15) is 0 Å².